The Morgan fingerprint density at radius 3 is 1.82 bits per heavy atom. The summed E-state index contributed by atoms with van der Waals surface area (Å²) in [6.07, 6.45) is -0.571. The Labute approximate surface area is 102 Å². The SMILES string of the molecule is CC(N)c1ccc(C(O)c2ccccc2)cc1. The van der Waals surface area contributed by atoms with E-state index in [4.69, 9.17) is 5.73 Å². The molecule has 2 unspecified atom stereocenters. The van der Waals surface area contributed by atoms with Crippen molar-refractivity contribution >= 4 is 0 Å². The normalized spacial score (nSPS) is 14.3. The maximum atomic E-state index is 10.2. The molecule has 2 heteroatoms. The van der Waals surface area contributed by atoms with Gasteiger partial charge in [-0.2, -0.15) is 0 Å². The molecule has 3 N–H and O–H groups in total. The second kappa shape index (κ2) is 5.13. The molecule has 0 amide bonds. The molecule has 17 heavy (non-hydrogen) atoms. The molecule has 0 heterocycles. The molecule has 0 aliphatic rings. The third-order valence-electron chi connectivity index (χ3n) is 2.89. The summed E-state index contributed by atoms with van der Waals surface area (Å²) in [6, 6.07) is 17.4. The Morgan fingerprint density at radius 1 is 0.824 bits per heavy atom. The van der Waals surface area contributed by atoms with E-state index in [0.29, 0.717) is 0 Å². The molecule has 0 aliphatic carbocycles. The first-order chi connectivity index (χ1) is 8.18. The van der Waals surface area contributed by atoms with Crippen molar-refractivity contribution in [2.45, 2.75) is 19.1 Å². The molecule has 0 saturated heterocycles. The van der Waals surface area contributed by atoms with E-state index < -0.39 is 6.10 Å². The van der Waals surface area contributed by atoms with Crippen LogP contribution >= 0.6 is 0 Å². The molecule has 2 nitrogen and oxygen atoms in total. The molecule has 2 rings (SSSR count). The molecule has 0 aromatic heterocycles. The van der Waals surface area contributed by atoms with Gasteiger partial charge in [-0.25, -0.2) is 0 Å². The van der Waals surface area contributed by atoms with Crippen LogP contribution in [-0.4, -0.2) is 5.11 Å². The van der Waals surface area contributed by atoms with Gasteiger partial charge in [0.2, 0.25) is 0 Å². The second-order valence-electron chi connectivity index (χ2n) is 4.27. The zero-order valence-electron chi connectivity index (χ0n) is 9.88. The van der Waals surface area contributed by atoms with Crippen LogP contribution in [-0.2, 0) is 0 Å². The highest BCUT2D eigenvalue weighted by molar-refractivity contribution is 5.32. The maximum Gasteiger partial charge on any atom is 0.104 e. The van der Waals surface area contributed by atoms with E-state index in [1.165, 1.54) is 0 Å². The highest BCUT2D eigenvalue weighted by Gasteiger charge is 2.09. The smallest absolute Gasteiger partial charge is 0.104 e. The molecule has 2 atom stereocenters. The fourth-order valence-corrected chi connectivity index (χ4v) is 1.81. The largest absolute Gasteiger partial charge is 0.384 e. The van der Waals surface area contributed by atoms with Crippen LogP contribution in [0, 0.1) is 0 Å². The number of aliphatic hydroxyl groups is 1. The Bertz CT molecular complexity index is 462. The van der Waals surface area contributed by atoms with Crippen molar-refractivity contribution in [3.8, 4) is 0 Å². The highest BCUT2D eigenvalue weighted by Crippen LogP contribution is 2.22. The van der Waals surface area contributed by atoms with Gasteiger partial charge in [0.05, 0.1) is 0 Å². The third kappa shape index (κ3) is 2.73. The van der Waals surface area contributed by atoms with Crippen LogP contribution < -0.4 is 5.73 Å². The van der Waals surface area contributed by atoms with Crippen molar-refractivity contribution in [2.24, 2.45) is 5.73 Å². The van der Waals surface area contributed by atoms with Gasteiger partial charge < -0.3 is 10.8 Å². The van der Waals surface area contributed by atoms with Crippen molar-refractivity contribution in [1.82, 2.24) is 0 Å². The van der Waals surface area contributed by atoms with Gasteiger partial charge in [-0.3, -0.25) is 0 Å². The number of rotatable bonds is 3. The van der Waals surface area contributed by atoms with Gasteiger partial charge in [-0.1, -0.05) is 54.6 Å². The molecule has 88 valence electrons. The monoisotopic (exact) mass is 227 g/mol. The van der Waals surface area contributed by atoms with Crippen molar-refractivity contribution in [3.05, 3.63) is 71.3 Å². The summed E-state index contributed by atoms with van der Waals surface area (Å²) in [5.74, 6) is 0. The standard InChI is InChI=1S/C15H17NO/c1-11(16)12-7-9-14(10-8-12)15(17)13-5-3-2-4-6-13/h2-11,15,17H,16H2,1H3. The number of hydrogen-bond donors (Lipinski definition) is 2. The molecule has 2 aromatic rings. The predicted molar refractivity (Wildman–Crippen MR) is 69.5 cm³/mol. The Kier molecular flexibility index (Phi) is 3.57. The zero-order valence-corrected chi connectivity index (χ0v) is 9.88. The Morgan fingerprint density at radius 2 is 1.29 bits per heavy atom. The first-order valence-electron chi connectivity index (χ1n) is 5.77. The van der Waals surface area contributed by atoms with Crippen LogP contribution in [0.5, 0.6) is 0 Å². The first kappa shape index (κ1) is 11.8. The van der Waals surface area contributed by atoms with Crippen LogP contribution in [0.3, 0.4) is 0 Å². The minimum Gasteiger partial charge on any atom is -0.384 e. The summed E-state index contributed by atoms with van der Waals surface area (Å²) in [5, 5.41) is 10.2. The van der Waals surface area contributed by atoms with Crippen LogP contribution in [0.4, 0.5) is 0 Å². The number of hydrogen-bond acceptors (Lipinski definition) is 2. The van der Waals surface area contributed by atoms with E-state index in [9.17, 15) is 5.11 Å². The highest BCUT2D eigenvalue weighted by atomic mass is 16.3. The maximum absolute atomic E-state index is 10.2. The zero-order chi connectivity index (χ0) is 12.3. The summed E-state index contributed by atoms with van der Waals surface area (Å²) in [7, 11) is 0. The van der Waals surface area contributed by atoms with Crippen molar-refractivity contribution in [2.75, 3.05) is 0 Å². The van der Waals surface area contributed by atoms with Gasteiger partial charge in [0.15, 0.2) is 0 Å². The fourth-order valence-electron chi connectivity index (χ4n) is 1.81. The lowest BCUT2D eigenvalue weighted by atomic mass is 9.99. The van der Waals surface area contributed by atoms with Crippen molar-refractivity contribution in [1.29, 1.82) is 0 Å². The molecular formula is C15H17NO. The number of aliphatic hydroxyl groups excluding tert-OH is 1. The quantitative estimate of drug-likeness (QED) is 0.847. The second-order valence-corrected chi connectivity index (χ2v) is 4.27. The van der Waals surface area contributed by atoms with Crippen molar-refractivity contribution in [3.63, 3.8) is 0 Å². The molecule has 0 aliphatic heterocycles. The predicted octanol–water partition coefficient (Wildman–Crippen LogP) is 2.79. The molecule has 2 aromatic carbocycles. The minimum atomic E-state index is -0.571. The van der Waals surface area contributed by atoms with Gasteiger partial charge in [-0.15, -0.1) is 0 Å². The van der Waals surface area contributed by atoms with Gasteiger partial charge in [0, 0.05) is 6.04 Å². The molecule has 0 bridgehead atoms. The average Bonchev–Trinajstić information content (AvgIpc) is 2.39. The van der Waals surface area contributed by atoms with Gasteiger partial charge in [0.1, 0.15) is 6.10 Å². The Hall–Kier alpha value is -1.64. The van der Waals surface area contributed by atoms with Crippen LogP contribution in [0.2, 0.25) is 0 Å². The fraction of sp³-hybridized carbons (Fsp3) is 0.200. The molecule has 0 saturated carbocycles. The van der Waals surface area contributed by atoms with Crippen LogP contribution in [0.25, 0.3) is 0 Å². The summed E-state index contributed by atoms with van der Waals surface area (Å²) in [4.78, 5) is 0. The number of benzene rings is 2. The van der Waals surface area contributed by atoms with E-state index in [-0.39, 0.29) is 6.04 Å². The average molecular weight is 227 g/mol. The lowest BCUT2D eigenvalue weighted by Crippen LogP contribution is -2.05. The summed E-state index contributed by atoms with van der Waals surface area (Å²) in [5.41, 5.74) is 8.66. The van der Waals surface area contributed by atoms with Crippen molar-refractivity contribution < 1.29 is 5.11 Å². The van der Waals surface area contributed by atoms with E-state index in [1.807, 2.05) is 61.5 Å². The molecule has 0 fully saturated rings. The van der Waals surface area contributed by atoms with E-state index >= 15 is 0 Å². The third-order valence-corrected chi connectivity index (χ3v) is 2.89. The summed E-state index contributed by atoms with van der Waals surface area (Å²) < 4.78 is 0. The Balaban J connectivity index is 2.23. The topological polar surface area (TPSA) is 46.2 Å². The molecular weight excluding hydrogens is 210 g/mol. The lowest BCUT2D eigenvalue weighted by Gasteiger charge is -2.13. The summed E-state index contributed by atoms with van der Waals surface area (Å²) in [6.45, 7) is 1.95. The van der Waals surface area contributed by atoms with Crippen LogP contribution in [0.15, 0.2) is 54.6 Å². The summed E-state index contributed by atoms with van der Waals surface area (Å²) >= 11 is 0. The minimum absolute atomic E-state index is 0.0259. The molecule has 0 radical (unpaired) electrons. The van der Waals surface area contributed by atoms with Gasteiger partial charge in [0.25, 0.3) is 0 Å². The first-order valence-corrected chi connectivity index (χ1v) is 5.77. The van der Waals surface area contributed by atoms with Gasteiger partial charge >= 0.3 is 0 Å². The van der Waals surface area contributed by atoms with Crippen LogP contribution in [0.1, 0.15) is 35.8 Å². The van der Waals surface area contributed by atoms with E-state index in [0.717, 1.165) is 16.7 Å². The van der Waals surface area contributed by atoms with E-state index in [2.05, 4.69) is 0 Å². The molecule has 0 spiro atoms. The number of nitrogens with two attached hydrogens (primary N) is 1. The van der Waals surface area contributed by atoms with E-state index in [1.54, 1.807) is 0 Å². The lowest BCUT2D eigenvalue weighted by molar-refractivity contribution is 0.220. The van der Waals surface area contributed by atoms with Gasteiger partial charge in [-0.05, 0) is 23.6 Å².